The lowest BCUT2D eigenvalue weighted by molar-refractivity contribution is -0.161. The number of phosphoric ester groups is 2. The van der Waals surface area contributed by atoms with Crippen LogP contribution in [-0.2, 0) is 65.4 Å². The van der Waals surface area contributed by atoms with E-state index in [0.717, 1.165) is 102 Å². The van der Waals surface area contributed by atoms with Crippen LogP contribution in [0.1, 0.15) is 491 Å². The molecule has 3 N–H and O–H groups in total. The van der Waals surface area contributed by atoms with Crippen LogP contribution in [0.3, 0.4) is 0 Å². The highest BCUT2D eigenvalue weighted by atomic mass is 31.2. The number of aliphatic hydroxyl groups is 1. The van der Waals surface area contributed by atoms with E-state index < -0.39 is 97.5 Å². The number of hydrogen-bond acceptors (Lipinski definition) is 15. The first-order chi connectivity index (χ1) is 53.4. The first kappa shape index (κ1) is 108. The Hall–Kier alpha value is -1.94. The van der Waals surface area contributed by atoms with Crippen LogP contribution in [0.5, 0.6) is 0 Å². The van der Waals surface area contributed by atoms with Crippen molar-refractivity contribution in [3.05, 3.63) is 0 Å². The van der Waals surface area contributed by atoms with Crippen molar-refractivity contribution in [3.8, 4) is 0 Å². The number of esters is 4. The van der Waals surface area contributed by atoms with Crippen LogP contribution >= 0.6 is 15.6 Å². The van der Waals surface area contributed by atoms with Gasteiger partial charge in [-0.05, 0) is 37.5 Å². The Bertz CT molecular complexity index is 2100. The molecule has 0 saturated carbocycles. The molecule has 0 aromatic heterocycles. The third-order valence-corrected chi connectivity index (χ3v) is 23.4. The lowest BCUT2D eigenvalue weighted by Crippen LogP contribution is -2.30. The lowest BCUT2D eigenvalue weighted by Gasteiger charge is -2.21. The van der Waals surface area contributed by atoms with Gasteiger partial charge in [-0.1, -0.05) is 440 Å². The van der Waals surface area contributed by atoms with Crippen molar-refractivity contribution in [1.29, 1.82) is 0 Å². The van der Waals surface area contributed by atoms with Crippen molar-refractivity contribution in [2.75, 3.05) is 39.6 Å². The fourth-order valence-electron chi connectivity index (χ4n) is 14.3. The first-order valence-electron chi connectivity index (χ1n) is 47.0. The Morgan fingerprint density at radius 1 is 0.245 bits per heavy atom. The molecule has 0 saturated heterocycles. The molecular weight excluding hydrogens is 1430 g/mol. The molecule has 17 nitrogen and oxygen atoms in total. The van der Waals surface area contributed by atoms with E-state index in [9.17, 15) is 43.2 Å². The van der Waals surface area contributed by atoms with Gasteiger partial charge in [0.1, 0.15) is 19.3 Å². The number of carbonyl (C=O) groups excluding carboxylic acids is 4. The summed E-state index contributed by atoms with van der Waals surface area (Å²) in [6.07, 6.45) is 76.6. The summed E-state index contributed by atoms with van der Waals surface area (Å²) < 4.78 is 69.1. The number of ether oxygens (including phenoxy) is 4. The summed E-state index contributed by atoms with van der Waals surface area (Å²) in [6, 6.07) is 0. The maximum atomic E-state index is 13.2. The molecule has 5 atom stereocenters. The second-order valence-corrected chi connectivity index (χ2v) is 36.6. The molecule has 654 valence electrons. The number of unbranched alkanes of at least 4 members (excludes halogenated alkanes) is 60. The molecule has 0 amide bonds. The topological polar surface area (TPSA) is 237 Å². The Balaban J connectivity index is 5.23. The number of carbonyl (C=O) groups is 4. The van der Waals surface area contributed by atoms with Gasteiger partial charge in [0, 0.05) is 25.7 Å². The highest BCUT2D eigenvalue weighted by Gasteiger charge is 2.31. The van der Waals surface area contributed by atoms with Crippen LogP contribution in [0.2, 0.25) is 0 Å². The summed E-state index contributed by atoms with van der Waals surface area (Å²) in [4.78, 5) is 73.4. The van der Waals surface area contributed by atoms with Gasteiger partial charge in [0.25, 0.3) is 0 Å². The summed E-state index contributed by atoms with van der Waals surface area (Å²) in [5, 5.41) is 10.7. The normalized spacial score (nSPS) is 13.7. The van der Waals surface area contributed by atoms with E-state index >= 15 is 0 Å². The van der Waals surface area contributed by atoms with Gasteiger partial charge in [0.2, 0.25) is 0 Å². The molecule has 0 fully saturated rings. The van der Waals surface area contributed by atoms with Gasteiger partial charge < -0.3 is 33.8 Å². The second-order valence-electron chi connectivity index (χ2n) is 33.6. The summed E-state index contributed by atoms with van der Waals surface area (Å²) in [5.74, 6) is -0.569. The van der Waals surface area contributed by atoms with Crippen molar-refractivity contribution in [3.63, 3.8) is 0 Å². The quantitative estimate of drug-likeness (QED) is 0.0222. The van der Waals surface area contributed by atoms with E-state index in [1.807, 2.05) is 0 Å². The zero-order chi connectivity index (χ0) is 80.6. The maximum absolute atomic E-state index is 13.2. The highest BCUT2D eigenvalue weighted by molar-refractivity contribution is 7.47. The van der Waals surface area contributed by atoms with Crippen molar-refractivity contribution in [2.24, 2.45) is 11.8 Å². The molecule has 0 radical (unpaired) electrons. The Morgan fingerprint density at radius 2 is 0.418 bits per heavy atom. The molecule has 110 heavy (non-hydrogen) atoms. The zero-order valence-corrected chi connectivity index (χ0v) is 74.4. The average molecular weight is 1610 g/mol. The average Bonchev–Trinajstić information content (AvgIpc) is 0.899. The molecule has 0 aromatic rings. The molecule has 0 rings (SSSR count). The largest absolute Gasteiger partial charge is 0.472 e. The number of aliphatic hydroxyl groups excluding tert-OH is 1. The summed E-state index contributed by atoms with van der Waals surface area (Å²) in [5.41, 5.74) is 0. The SMILES string of the molecule is CCCCCCCCCCCCCCCCCCCCCCCCC(=O)O[C@H](COC(=O)CCCCCCCCCCCCCCCCCCCCC)COP(=O)(O)OC[C@@H](O)COP(=O)(O)OC[C@@H](COC(=O)CCCCCCCCCCC(C)C)OC(=O)CCCCCCCCCCCCCCCCCC(C)C. The van der Waals surface area contributed by atoms with E-state index in [1.54, 1.807) is 0 Å². The second kappa shape index (κ2) is 82.2. The molecule has 0 aliphatic carbocycles. The van der Waals surface area contributed by atoms with E-state index in [0.29, 0.717) is 25.7 Å². The molecule has 0 aliphatic heterocycles. The molecule has 0 aliphatic rings. The van der Waals surface area contributed by atoms with E-state index in [2.05, 4.69) is 41.5 Å². The van der Waals surface area contributed by atoms with Crippen molar-refractivity contribution in [2.45, 2.75) is 509 Å². The molecule has 0 heterocycles. The van der Waals surface area contributed by atoms with Crippen LogP contribution in [0.4, 0.5) is 0 Å². The van der Waals surface area contributed by atoms with E-state index in [-0.39, 0.29) is 25.7 Å². The fraction of sp³-hybridized carbons (Fsp3) is 0.956. The number of rotatable bonds is 90. The zero-order valence-electron chi connectivity index (χ0n) is 72.6. The Morgan fingerprint density at radius 3 is 0.618 bits per heavy atom. The third-order valence-electron chi connectivity index (χ3n) is 21.5. The monoisotopic (exact) mass is 1610 g/mol. The van der Waals surface area contributed by atoms with Gasteiger partial charge in [-0.2, -0.15) is 0 Å². The predicted molar refractivity (Wildman–Crippen MR) is 455 cm³/mol. The van der Waals surface area contributed by atoms with Crippen molar-refractivity contribution >= 4 is 39.5 Å². The number of hydrogen-bond donors (Lipinski definition) is 3. The van der Waals surface area contributed by atoms with Crippen LogP contribution in [0.25, 0.3) is 0 Å². The van der Waals surface area contributed by atoms with Gasteiger partial charge in [0.15, 0.2) is 12.2 Å². The minimum atomic E-state index is -4.97. The molecule has 0 aromatic carbocycles. The fourth-order valence-corrected chi connectivity index (χ4v) is 15.9. The van der Waals surface area contributed by atoms with Gasteiger partial charge in [-0.3, -0.25) is 37.3 Å². The molecule has 0 bridgehead atoms. The van der Waals surface area contributed by atoms with Gasteiger partial charge in [-0.25, -0.2) is 9.13 Å². The summed E-state index contributed by atoms with van der Waals surface area (Å²) >= 11 is 0. The molecule has 19 heteroatoms. The summed E-state index contributed by atoms with van der Waals surface area (Å²) in [6.45, 7) is 9.69. The predicted octanol–water partition coefficient (Wildman–Crippen LogP) is 28.2. The highest BCUT2D eigenvalue weighted by Crippen LogP contribution is 2.45. The standard InChI is InChI=1S/C91H178O17P2/c1-7-9-11-13-15-17-19-21-23-25-27-28-29-31-33-37-41-45-49-57-63-69-75-90(95)107-86(79-101-88(93)73-67-61-55-48-44-40-36-32-30-26-24-22-20-18-16-14-12-10-8-2)81-105-109(97,98)103-77-85(92)78-104-110(99,100)106-82-87(80-102-89(94)74-68-62-56-52-51-54-60-66-72-84(5)6)108-91(96)76-70-64-58-50-46-42-38-34-35-39-43-47-53-59-65-71-83(3)4/h83-87,92H,7-82H2,1-6H3,(H,97,98)(H,99,100)/t85-,86-,87-/m1/s1. The van der Waals surface area contributed by atoms with Gasteiger partial charge >= 0.3 is 39.5 Å². The van der Waals surface area contributed by atoms with Crippen molar-refractivity contribution < 1.29 is 80.2 Å². The van der Waals surface area contributed by atoms with E-state index in [4.69, 9.17) is 37.0 Å². The Labute approximate surface area is 677 Å². The molecule has 0 spiro atoms. The minimum absolute atomic E-state index is 0.108. The lowest BCUT2D eigenvalue weighted by atomic mass is 10.0. The Kier molecular flexibility index (Phi) is 80.7. The smallest absolute Gasteiger partial charge is 0.462 e. The van der Waals surface area contributed by atoms with Crippen LogP contribution in [0.15, 0.2) is 0 Å². The van der Waals surface area contributed by atoms with Gasteiger partial charge in [-0.15, -0.1) is 0 Å². The van der Waals surface area contributed by atoms with Crippen LogP contribution in [0, 0.1) is 11.8 Å². The van der Waals surface area contributed by atoms with Crippen LogP contribution in [-0.4, -0.2) is 96.7 Å². The number of phosphoric acid groups is 2. The summed E-state index contributed by atoms with van der Waals surface area (Å²) in [7, 11) is -9.94. The molecular formula is C91H178O17P2. The maximum Gasteiger partial charge on any atom is 0.472 e. The third kappa shape index (κ3) is 84.0. The van der Waals surface area contributed by atoms with Crippen molar-refractivity contribution in [1.82, 2.24) is 0 Å². The minimum Gasteiger partial charge on any atom is -0.462 e. The van der Waals surface area contributed by atoms with Crippen LogP contribution < -0.4 is 0 Å². The van der Waals surface area contributed by atoms with E-state index in [1.165, 1.54) is 308 Å². The first-order valence-corrected chi connectivity index (χ1v) is 50.0. The van der Waals surface area contributed by atoms with Gasteiger partial charge in [0.05, 0.1) is 26.4 Å². The molecule has 2 unspecified atom stereocenters.